The van der Waals surface area contributed by atoms with Crippen molar-refractivity contribution in [1.29, 1.82) is 0 Å². The summed E-state index contributed by atoms with van der Waals surface area (Å²) in [6.07, 6.45) is 4.90. The summed E-state index contributed by atoms with van der Waals surface area (Å²) in [7, 11) is -1.22. The largest absolute Gasteiger partial charge is 0.351 e. The third kappa shape index (κ3) is 4.06. The topological polar surface area (TPSA) is 81.1 Å². The molecule has 3 aromatic rings. The van der Waals surface area contributed by atoms with Crippen LogP contribution in [-0.4, -0.2) is 42.7 Å². The smallest absolute Gasteiger partial charge is 0.251 e. The molecule has 7 heteroatoms. The lowest BCUT2D eigenvalue weighted by atomic mass is 9.98. The van der Waals surface area contributed by atoms with Crippen LogP contribution in [0.4, 0.5) is 0 Å². The monoisotopic (exact) mass is 357 g/mol. The first kappa shape index (κ1) is 17.2. The first-order valence-corrected chi connectivity index (χ1v) is 9.87. The second kappa shape index (κ2) is 6.68. The maximum absolute atomic E-state index is 12.2. The number of sulfone groups is 1. The van der Waals surface area contributed by atoms with Crippen molar-refractivity contribution in [2.45, 2.75) is 0 Å². The number of nitrogens with zero attached hydrogens (tertiary/aromatic N) is 2. The van der Waals surface area contributed by atoms with E-state index in [0.29, 0.717) is 5.56 Å². The van der Waals surface area contributed by atoms with Gasteiger partial charge < -0.3 is 5.32 Å². The van der Waals surface area contributed by atoms with Gasteiger partial charge in [-0.15, -0.1) is 0 Å². The van der Waals surface area contributed by atoms with Gasteiger partial charge in [0.05, 0.1) is 11.9 Å². The van der Waals surface area contributed by atoms with Crippen molar-refractivity contribution in [3.05, 3.63) is 54.4 Å². The lowest BCUT2D eigenvalue weighted by Crippen LogP contribution is -2.28. The minimum Gasteiger partial charge on any atom is -0.351 e. The number of benzene rings is 2. The number of carbonyl (C=O) groups excluding carboxylic acids is 1. The highest BCUT2D eigenvalue weighted by molar-refractivity contribution is 7.90. The van der Waals surface area contributed by atoms with E-state index in [1.165, 1.54) is 0 Å². The molecular weight excluding hydrogens is 338 g/mol. The van der Waals surface area contributed by atoms with E-state index < -0.39 is 9.84 Å². The van der Waals surface area contributed by atoms with Gasteiger partial charge in [0.25, 0.3) is 5.91 Å². The molecule has 25 heavy (non-hydrogen) atoms. The van der Waals surface area contributed by atoms with Crippen LogP contribution < -0.4 is 5.32 Å². The zero-order chi connectivity index (χ0) is 18.0. The third-order valence-electron chi connectivity index (χ3n) is 3.92. The maximum Gasteiger partial charge on any atom is 0.251 e. The normalized spacial score (nSPS) is 11.6. The fourth-order valence-corrected chi connectivity index (χ4v) is 3.16. The van der Waals surface area contributed by atoms with E-state index in [9.17, 15) is 13.2 Å². The summed E-state index contributed by atoms with van der Waals surface area (Å²) in [6.45, 7) is 0.103. The van der Waals surface area contributed by atoms with Gasteiger partial charge in [0.2, 0.25) is 0 Å². The van der Waals surface area contributed by atoms with E-state index in [4.69, 9.17) is 0 Å². The molecule has 0 radical (unpaired) electrons. The quantitative estimate of drug-likeness (QED) is 0.757. The van der Waals surface area contributed by atoms with Gasteiger partial charge in [0.15, 0.2) is 0 Å². The molecule has 0 unspecified atom stereocenters. The molecule has 0 atom stereocenters. The lowest BCUT2D eigenvalue weighted by Gasteiger charge is -2.08. The summed E-state index contributed by atoms with van der Waals surface area (Å²) in [4.78, 5) is 12.2. The van der Waals surface area contributed by atoms with E-state index >= 15 is 0 Å². The molecule has 1 N–H and O–H groups in total. The summed E-state index contributed by atoms with van der Waals surface area (Å²) >= 11 is 0. The van der Waals surface area contributed by atoms with Crippen LogP contribution in [0, 0.1) is 0 Å². The van der Waals surface area contributed by atoms with Gasteiger partial charge in [-0.2, -0.15) is 5.10 Å². The second-order valence-corrected chi connectivity index (χ2v) is 8.29. The van der Waals surface area contributed by atoms with Crippen molar-refractivity contribution in [2.75, 3.05) is 18.6 Å². The van der Waals surface area contributed by atoms with Gasteiger partial charge in [-0.1, -0.05) is 24.3 Å². The standard InChI is InChI=1S/C18H19N3O3S/c1-21-12-15(11-20-21)16-5-3-4-13-10-14(6-7-17(13)16)18(22)19-8-9-25(2,23)24/h3-7,10-12H,8-9H2,1-2H3,(H,19,22). The van der Waals surface area contributed by atoms with Crippen molar-refractivity contribution in [1.82, 2.24) is 15.1 Å². The third-order valence-corrected chi connectivity index (χ3v) is 4.86. The molecule has 0 aliphatic rings. The molecule has 0 saturated carbocycles. The van der Waals surface area contributed by atoms with Crippen LogP contribution in [0.2, 0.25) is 0 Å². The average molecular weight is 357 g/mol. The van der Waals surface area contributed by atoms with Gasteiger partial charge in [-0.05, 0) is 28.5 Å². The molecule has 1 aromatic heterocycles. The molecule has 0 aliphatic carbocycles. The number of carbonyl (C=O) groups is 1. The highest BCUT2D eigenvalue weighted by Crippen LogP contribution is 2.28. The average Bonchev–Trinajstić information content (AvgIpc) is 2.98. The highest BCUT2D eigenvalue weighted by Gasteiger charge is 2.10. The van der Waals surface area contributed by atoms with Crippen molar-refractivity contribution in [3.63, 3.8) is 0 Å². The minimum absolute atomic E-state index is 0.0719. The maximum atomic E-state index is 12.2. The van der Waals surface area contributed by atoms with Crippen LogP contribution in [0.1, 0.15) is 10.4 Å². The molecule has 0 bridgehead atoms. The van der Waals surface area contributed by atoms with Crippen molar-refractivity contribution in [3.8, 4) is 11.1 Å². The second-order valence-electron chi connectivity index (χ2n) is 6.03. The molecule has 0 fully saturated rings. The number of aryl methyl sites for hydroxylation is 1. The van der Waals surface area contributed by atoms with E-state index in [0.717, 1.165) is 28.2 Å². The van der Waals surface area contributed by atoms with Crippen LogP contribution in [-0.2, 0) is 16.9 Å². The molecule has 130 valence electrons. The Bertz CT molecular complexity index is 1040. The first-order valence-electron chi connectivity index (χ1n) is 7.81. The van der Waals surface area contributed by atoms with Gasteiger partial charge in [-0.3, -0.25) is 9.48 Å². The molecule has 1 amide bonds. The lowest BCUT2D eigenvalue weighted by molar-refractivity contribution is 0.0956. The number of nitrogens with one attached hydrogen (secondary N) is 1. The zero-order valence-corrected chi connectivity index (χ0v) is 14.9. The zero-order valence-electron chi connectivity index (χ0n) is 14.1. The van der Waals surface area contributed by atoms with E-state index in [-0.39, 0.29) is 18.2 Å². The van der Waals surface area contributed by atoms with Crippen LogP contribution in [0.25, 0.3) is 21.9 Å². The fourth-order valence-electron chi connectivity index (χ4n) is 2.69. The van der Waals surface area contributed by atoms with E-state index in [1.54, 1.807) is 16.9 Å². The van der Waals surface area contributed by atoms with Crippen LogP contribution >= 0.6 is 0 Å². The van der Waals surface area contributed by atoms with Crippen LogP contribution in [0.5, 0.6) is 0 Å². The van der Waals surface area contributed by atoms with Crippen molar-refractivity contribution >= 4 is 26.5 Å². The Kier molecular flexibility index (Phi) is 4.59. The van der Waals surface area contributed by atoms with Crippen molar-refractivity contribution < 1.29 is 13.2 Å². The Balaban J connectivity index is 1.87. The summed E-state index contributed by atoms with van der Waals surface area (Å²) in [6, 6.07) is 11.4. The Morgan fingerprint density at radius 3 is 2.72 bits per heavy atom. The SMILES string of the molecule is Cn1cc(-c2cccc3cc(C(=O)NCCS(C)(=O)=O)ccc23)cn1. The van der Waals surface area contributed by atoms with E-state index in [1.807, 2.05) is 43.6 Å². The minimum atomic E-state index is -3.09. The van der Waals surface area contributed by atoms with Gasteiger partial charge >= 0.3 is 0 Å². The van der Waals surface area contributed by atoms with Crippen LogP contribution in [0.3, 0.4) is 0 Å². The Morgan fingerprint density at radius 2 is 2.04 bits per heavy atom. The summed E-state index contributed by atoms with van der Waals surface area (Å²) < 4.78 is 24.0. The number of hydrogen-bond acceptors (Lipinski definition) is 4. The number of amides is 1. The Morgan fingerprint density at radius 1 is 1.24 bits per heavy atom. The number of aromatic nitrogens is 2. The number of rotatable bonds is 5. The molecule has 1 heterocycles. The first-order chi connectivity index (χ1) is 11.8. The van der Waals surface area contributed by atoms with Crippen LogP contribution in [0.15, 0.2) is 48.8 Å². The summed E-state index contributed by atoms with van der Waals surface area (Å²) in [5.74, 6) is -0.352. The highest BCUT2D eigenvalue weighted by atomic mass is 32.2. The molecule has 0 spiro atoms. The predicted molar refractivity (Wildman–Crippen MR) is 98.2 cm³/mol. The molecular formula is C18H19N3O3S. The fraction of sp³-hybridized carbons (Fsp3) is 0.222. The molecule has 2 aromatic carbocycles. The molecule has 0 aliphatic heterocycles. The molecule has 3 rings (SSSR count). The number of hydrogen-bond donors (Lipinski definition) is 1. The van der Waals surface area contributed by atoms with Crippen molar-refractivity contribution in [2.24, 2.45) is 7.05 Å². The predicted octanol–water partition coefficient (Wildman–Crippen LogP) is 2.01. The van der Waals surface area contributed by atoms with Gasteiger partial charge in [-0.25, -0.2) is 8.42 Å². The molecule has 6 nitrogen and oxygen atoms in total. The Hall–Kier alpha value is -2.67. The Labute approximate surface area is 146 Å². The molecule has 0 saturated heterocycles. The summed E-state index contributed by atoms with van der Waals surface area (Å²) in [5, 5.41) is 8.81. The summed E-state index contributed by atoms with van der Waals surface area (Å²) in [5.41, 5.74) is 2.57. The van der Waals surface area contributed by atoms with E-state index in [2.05, 4.69) is 10.4 Å². The number of fused-ring (bicyclic) bond motifs is 1. The van der Waals surface area contributed by atoms with Gasteiger partial charge in [0, 0.05) is 37.2 Å². The van der Waals surface area contributed by atoms with Gasteiger partial charge in [0.1, 0.15) is 9.84 Å².